The molecule has 2 nitrogen and oxygen atoms in total. The van der Waals surface area contributed by atoms with Crippen molar-refractivity contribution in [2.45, 2.75) is 12.8 Å². The molecule has 0 amide bonds. The zero-order chi connectivity index (χ0) is 11.8. The van der Waals surface area contributed by atoms with Crippen molar-refractivity contribution in [3.05, 3.63) is 35.8 Å². The molecule has 0 radical (unpaired) electrons. The fraction of sp³-hybridized carbons (Fsp3) is 0.429. The number of nitrogens with one attached hydrogen (secondary N) is 1. The van der Waals surface area contributed by atoms with Crippen LogP contribution in [0.2, 0.25) is 0 Å². The number of halogens is 1. The zero-order valence-corrected chi connectivity index (χ0v) is 10.0. The highest BCUT2D eigenvalue weighted by Crippen LogP contribution is 2.27. The Morgan fingerprint density at radius 3 is 3.12 bits per heavy atom. The van der Waals surface area contributed by atoms with E-state index in [1.54, 1.807) is 12.1 Å². The van der Waals surface area contributed by atoms with Gasteiger partial charge in [0.05, 0.1) is 5.52 Å². The minimum atomic E-state index is -0.0935. The standard InChI is InChI=1S/C14H17FN2/c1-17-9-11(7-10-5-6-16-8-10)14-12(15)3-2-4-13(14)17/h2-4,9-10,16H,5-8H2,1H3. The largest absolute Gasteiger partial charge is 0.350 e. The van der Waals surface area contributed by atoms with Crippen molar-refractivity contribution in [3.63, 3.8) is 0 Å². The molecule has 0 saturated carbocycles. The van der Waals surface area contributed by atoms with E-state index in [0.717, 1.165) is 36.0 Å². The first-order chi connectivity index (χ1) is 8.25. The molecule has 1 unspecified atom stereocenters. The van der Waals surface area contributed by atoms with Crippen LogP contribution in [0.1, 0.15) is 12.0 Å². The Bertz CT molecular complexity index is 538. The highest BCUT2D eigenvalue weighted by molar-refractivity contribution is 5.84. The fourth-order valence-corrected chi connectivity index (χ4v) is 2.85. The predicted octanol–water partition coefficient (Wildman–Crippen LogP) is 2.47. The van der Waals surface area contributed by atoms with Crippen LogP contribution in [0.3, 0.4) is 0 Å². The van der Waals surface area contributed by atoms with Gasteiger partial charge in [0, 0.05) is 18.6 Å². The second kappa shape index (κ2) is 4.15. The van der Waals surface area contributed by atoms with Crippen LogP contribution in [-0.4, -0.2) is 17.7 Å². The third-order valence-corrected chi connectivity index (χ3v) is 3.71. The highest BCUT2D eigenvalue weighted by Gasteiger charge is 2.18. The van der Waals surface area contributed by atoms with Crippen LogP contribution in [0.5, 0.6) is 0 Å². The average molecular weight is 232 g/mol. The monoisotopic (exact) mass is 232 g/mol. The number of aryl methyl sites for hydroxylation is 1. The summed E-state index contributed by atoms with van der Waals surface area (Å²) >= 11 is 0. The minimum Gasteiger partial charge on any atom is -0.350 e. The first-order valence-electron chi connectivity index (χ1n) is 6.19. The molecular formula is C14H17FN2. The Balaban J connectivity index is 2.03. The van der Waals surface area contributed by atoms with Crippen molar-refractivity contribution in [2.24, 2.45) is 13.0 Å². The Morgan fingerprint density at radius 1 is 1.47 bits per heavy atom. The SMILES string of the molecule is Cn1cc(CC2CCNC2)c2c(F)cccc21. The van der Waals surface area contributed by atoms with Gasteiger partial charge in [-0.05, 0) is 49.5 Å². The predicted molar refractivity (Wildman–Crippen MR) is 67.6 cm³/mol. The molecule has 1 aliphatic rings. The van der Waals surface area contributed by atoms with E-state index in [9.17, 15) is 4.39 Å². The van der Waals surface area contributed by atoms with E-state index in [0.29, 0.717) is 5.92 Å². The Hall–Kier alpha value is -1.35. The Morgan fingerprint density at radius 2 is 2.35 bits per heavy atom. The first-order valence-corrected chi connectivity index (χ1v) is 6.19. The summed E-state index contributed by atoms with van der Waals surface area (Å²) in [5, 5.41) is 4.17. The van der Waals surface area contributed by atoms with Gasteiger partial charge in [-0.3, -0.25) is 0 Å². The molecule has 1 saturated heterocycles. The summed E-state index contributed by atoms with van der Waals surface area (Å²) in [6, 6.07) is 5.31. The maximum atomic E-state index is 13.9. The lowest BCUT2D eigenvalue weighted by atomic mass is 9.98. The summed E-state index contributed by atoms with van der Waals surface area (Å²) in [5.74, 6) is 0.560. The number of hydrogen-bond donors (Lipinski definition) is 1. The number of aromatic nitrogens is 1. The summed E-state index contributed by atoms with van der Waals surface area (Å²) in [5.41, 5.74) is 2.14. The molecule has 3 rings (SSSR count). The van der Waals surface area contributed by atoms with Gasteiger partial charge in [0.15, 0.2) is 0 Å². The van der Waals surface area contributed by atoms with Crippen molar-refractivity contribution in [1.82, 2.24) is 9.88 Å². The maximum Gasteiger partial charge on any atom is 0.132 e. The number of nitrogens with zero attached hydrogens (tertiary/aromatic N) is 1. The van der Waals surface area contributed by atoms with Gasteiger partial charge >= 0.3 is 0 Å². The molecule has 0 aliphatic carbocycles. The van der Waals surface area contributed by atoms with Crippen LogP contribution in [-0.2, 0) is 13.5 Å². The lowest BCUT2D eigenvalue weighted by Crippen LogP contribution is -2.10. The molecule has 1 aromatic carbocycles. The van der Waals surface area contributed by atoms with E-state index < -0.39 is 0 Å². The quantitative estimate of drug-likeness (QED) is 0.841. The molecule has 90 valence electrons. The molecule has 1 N–H and O–H groups in total. The average Bonchev–Trinajstić information content (AvgIpc) is 2.90. The van der Waals surface area contributed by atoms with Crippen molar-refractivity contribution < 1.29 is 4.39 Å². The molecule has 1 aromatic heterocycles. The van der Waals surface area contributed by atoms with Crippen molar-refractivity contribution in [2.75, 3.05) is 13.1 Å². The van der Waals surface area contributed by atoms with Gasteiger partial charge < -0.3 is 9.88 Å². The molecular weight excluding hydrogens is 215 g/mol. The van der Waals surface area contributed by atoms with Gasteiger partial charge in [-0.15, -0.1) is 0 Å². The first kappa shape index (κ1) is 10.8. The third kappa shape index (κ3) is 1.84. The third-order valence-electron chi connectivity index (χ3n) is 3.71. The fourth-order valence-electron chi connectivity index (χ4n) is 2.85. The molecule has 17 heavy (non-hydrogen) atoms. The number of rotatable bonds is 2. The lowest BCUT2D eigenvalue weighted by Gasteiger charge is -2.06. The molecule has 3 heteroatoms. The van der Waals surface area contributed by atoms with Crippen molar-refractivity contribution >= 4 is 10.9 Å². The van der Waals surface area contributed by atoms with Gasteiger partial charge in [-0.2, -0.15) is 0 Å². The molecule has 1 atom stereocenters. The van der Waals surface area contributed by atoms with Gasteiger partial charge in [0.2, 0.25) is 0 Å². The van der Waals surface area contributed by atoms with E-state index in [2.05, 4.69) is 11.5 Å². The lowest BCUT2D eigenvalue weighted by molar-refractivity contribution is 0.579. The normalized spacial score (nSPS) is 20.2. The summed E-state index contributed by atoms with van der Waals surface area (Å²) in [4.78, 5) is 0. The van der Waals surface area contributed by atoms with Crippen LogP contribution < -0.4 is 5.32 Å². The van der Waals surface area contributed by atoms with Gasteiger partial charge in [-0.1, -0.05) is 6.07 Å². The van der Waals surface area contributed by atoms with Crippen molar-refractivity contribution in [3.8, 4) is 0 Å². The molecule has 0 bridgehead atoms. The van der Waals surface area contributed by atoms with Crippen LogP contribution in [0.15, 0.2) is 24.4 Å². The van der Waals surface area contributed by atoms with E-state index in [1.807, 2.05) is 17.7 Å². The van der Waals surface area contributed by atoms with E-state index in [4.69, 9.17) is 0 Å². The second-order valence-electron chi connectivity index (χ2n) is 4.96. The van der Waals surface area contributed by atoms with Gasteiger partial charge in [0.25, 0.3) is 0 Å². The molecule has 1 aliphatic heterocycles. The van der Waals surface area contributed by atoms with Crippen LogP contribution in [0, 0.1) is 11.7 Å². The molecule has 0 spiro atoms. The Kier molecular flexibility index (Phi) is 2.63. The van der Waals surface area contributed by atoms with E-state index in [1.165, 1.54) is 6.42 Å². The second-order valence-corrected chi connectivity index (χ2v) is 4.96. The topological polar surface area (TPSA) is 17.0 Å². The molecule has 2 aromatic rings. The van der Waals surface area contributed by atoms with Gasteiger partial charge in [0.1, 0.15) is 5.82 Å². The smallest absolute Gasteiger partial charge is 0.132 e. The van der Waals surface area contributed by atoms with Gasteiger partial charge in [-0.25, -0.2) is 4.39 Å². The molecule has 2 heterocycles. The summed E-state index contributed by atoms with van der Waals surface area (Å²) < 4.78 is 15.9. The molecule has 1 fully saturated rings. The minimum absolute atomic E-state index is 0.0935. The summed E-state index contributed by atoms with van der Waals surface area (Å²) in [6.45, 7) is 2.16. The number of benzene rings is 1. The van der Waals surface area contributed by atoms with Crippen molar-refractivity contribution in [1.29, 1.82) is 0 Å². The number of hydrogen-bond acceptors (Lipinski definition) is 1. The maximum absolute atomic E-state index is 13.9. The van der Waals surface area contributed by atoms with E-state index in [-0.39, 0.29) is 5.82 Å². The summed E-state index contributed by atoms with van der Waals surface area (Å²) in [6.07, 6.45) is 4.25. The Labute approximate surface area is 100 Å². The van der Waals surface area contributed by atoms with E-state index >= 15 is 0 Å². The van der Waals surface area contributed by atoms with Crippen LogP contribution >= 0.6 is 0 Å². The highest BCUT2D eigenvalue weighted by atomic mass is 19.1. The number of fused-ring (bicyclic) bond motifs is 1. The zero-order valence-electron chi connectivity index (χ0n) is 10.0. The summed E-state index contributed by atoms with van der Waals surface area (Å²) in [7, 11) is 1.98. The van der Waals surface area contributed by atoms with Crippen LogP contribution in [0.25, 0.3) is 10.9 Å². The van der Waals surface area contributed by atoms with Crippen LogP contribution in [0.4, 0.5) is 4.39 Å².